The normalized spacial score (nSPS) is 17.9. The number of ether oxygens (including phenoxy) is 2. The Balaban J connectivity index is 1.53. The van der Waals surface area contributed by atoms with Crippen molar-refractivity contribution in [2.24, 2.45) is 0 Å². The van der Waals surface area contributed by atoms with Gasteiger partial charge >= 0.3 is 5.97 Å². The molecular weight excluding hydrogens is 410 g/mol. The fourth-order valence-electron chi connectivity index (χ4n) is 4.09. The first-order valence-corrected chi connectivity index (χ1v) is 10.7. The molecule has 2 aromatic rings. The van der Waals surface area contributed by atoms with Crippen LogP contribution in [0.1, 0.15) is 31.1 Å². The van der Waals surface area contributed by atoms with Crippen molar-refractivity contribution in [1.29, 1.82) is 0 Å². The molecule has 32 heavy (non-hydrogen) atoms. The van der Waals surface area contributed by atoms with Crippen molar-refractivity contribution >= 4 is 17.8 Å². The standard InChI is InChI=1S/C24H27N3O5/c1-25-11-13-26(14-12-25)15-17(32-24(30)20-9-5-6-10-21(20)31-2)16-27-22(28)18-7-3-4-8-19(18)23(27)29/h3-10,17H,11-16H2,1-2H3/t17-/m1/s1. The van der Waals surface area contributed by atoms with Gasteiger partial charge in [0.15, 0.2) is 0 Å². The van der Waals surface area contributed by atoms with Crippen molar-refractivity contribution < 1.29 is 23.9 Å². The van der Waals surface area contributed by atoms with Crippen LogP contribution in [0, 0.1) is 0 Å². The van der Waals surface area contributed by atoms with E-state index in [1.165, 1.54) is 12.0 Å². The van der Waals surface area contributed by atoms with Crippen molar-refractivity contribution in [1.82, 2.24) is 14.7 Å². The maximum Gasteiger partial charge on any atom is 0.342 e. The van der Waals surface area contributed by atoms with Crippen LogP contribution in [0.3, 0.4) is 0 Å². The number of amides is 2. The summed E-state index contributed by atoms with van der Waals surface area (Å²) in [4.78, 5) is 44.3. The summed E-state index contributed by atoms with van der Waals surface area (Å²) in [7, 11) is 3.56. The van der Waals surface area contributed by atoms with Crippen LogP contribution in [-0.4, -0.2) is 92.0 Å². The second-order valence-corrected chi connectivity index (χ2v) is 8.10. The summed E-state index contributed by atoms with van der Waals surface area (Å²) in [6.45, 7) is 3.88. The number of piperazine rings is 1. The molecule has 0 unspecified atom stereocenters. The first kappa shape index (κ1) is 22.0. The van der Waals surface area contributed by atoms with Gasteiger partial charge in [-0.15, -0.1) is 0 Å². The molecule has 4 rings (SSSR count). The molecule has 0 bridgehead atoms. The summed E-state index contributed by atoms with van der Waals surface area (Å²) < 4.78 is 11.1. The summed E-state index contributed by atoms with van der Waals surface area (Å²) in [5.74, 6) is -0.848. The van der Waals surface area contributed by atoms with Gasteiger partial charge in [-0.1, -0.05) is 24.3 Å². The van der Waals surface area contributed by atoms with E-state index in [2.05, 4.69) is 16.8 Å². The number of para-hydroxylation sites is 1. The van der Waals surface area contributed by atoms with E-state index in [0.717, 1.165) is 26.2 Å². The Morgan fingerprint density at radius 3 is 2.12 bits per heavy atom. The van der Waals surface area contributed by atoms with Gasteiger partial charge in [0.2, 0.25) is 0 Å². The van der Waals surface area contributed by atoms with E-state index in [9.17, 15) is 14.4 Å². The van der Waals surface area contributed by atoms with Crippen LogP contribution >= 0.6 is 0 Å². The first-order chi connectivity index (χ1) is 15.5. The Morgan fingerprint density at radius 1 is 0.906 bits per heavy atom. The number of nitrogens with zero attached hydrogens (tertiary/aromatic N) is 3. The third-order valence-corrected chi connectivity index (χ3v) is 5.92. The highest BCUT2D eigenvalue weighted by atomic mass is 16.5. The van der Waals surface area contributed by atoms with E-state index in [1.54, 1.807) is 48.5 Å². The minimum atomic E-state index is -0.668. The van der Waals surface area contributed by atoms with E-state index in [-0.39, 0.29) is 18.4 Å². The van der Waals surface area contributed by atoms with Gasteiger partial charge in [0.1, 0.15) is 17.4 Å². The topological polar surface area (TPSA) is 79.4 Å². The highest BCUT2D eigenvalue weighted by Crippen LogP contribution is 2.24. The third-order valence-electron chi connectivity index (χ3n) is 5.92. The zero-order valence-corrected chi connectivity index (χ0v) is 18.3. The van der Waals surface area contributed by atoms with Crippen molar-refractivity contribution in [3.63, 3.8) is 0 Å². The van der Waals surface area contributed by atoms with Gasteiger partial charge in [-0.3, -0.25) is 19.4 Å². The van der Waals surface area contributed by atoms with Gasteiger partial charge in [0.25, 0.3) is 11.8 Å². The van der Waals surface area contributed by atoms with Crippen molar-refractivity contribution in [3.8, 4) is 5.75 Å². The molecule has 8 heteroatoms. The molecule has 2 aromatic carbocycles. The molecule has 0 aliphatic carbocycles. The first-order valence-electron chi connectivity index (χ1n) is 10.7. The summed E-state index contributed by atoms with van der Waals surface area (Å²) in [5.41, 5.74) is 1.07. The number of esters is 1. The van der Waals surface area contributed by atoms with Gasteiger partial charge < -0.3 is 14.4 Å². The van der Waals surface area contributed by atoms with Gasteiger partial charge in [0.05, 0.1) is 24.8 Å². The predicted molar refractivity (Wildman–Crippen MR) is 118 cm³/mol. The second-order valence-electron chi connectivity index (χ2n) is 8.10. The number of carbonyl (C=O) groups excluding carboxylic acids is 3. The number of carbonyl (C=O) groups is 3. The van der Waals surface area contributed by atoms with Gasteiger partial charge in [0, 0.05) is 32.7 Å². The van der Waals surface area contributed by atoms with E-state index >= 15 is 0 Å². The van der Waals surface area contributed by atoms with E-state index in [0.29, 0.717) is 29.0 Å². The lowest BCUT2D eigenvalue weighted by Crippen LogP contribution is -2.50. The molecule has 8 nitrogen and oxygen atoms in total. The Morgan fingerprint density at radius 2 is 1.50 bits per heavy atom. The lowest BCUT2D eigenvalue weighted by Gasteiger charge is -2.35. The molecule has 2 aliphatic rings. The molecule has 1 fully saturated rings. The van der Waals surface area contributed by atoms with Crippen LogP contribution in [-0.2, 0) is 4.74 Å². The predicted octanol–water partition coefficient (Wildman–Crippen LogP) is 1.76. The van der Waals surface area contributed by atoms with E-state index in [4.69, 9.17) is 9.47 Å². The zero-order chi connectivity index (χ0) is 22.7. The molecular formula is C24H27N3O5. The smallest absolute Gasteiger partial charge is 0.342 e. The number of hydrogen-bond acceptors (Lipinski definition) is 7. The van der Waals surface area contributed by atoms with Gasteiger partial charge in [-0.2, -0.15) is 0 Å². The third kappa shape index (κ3) is 4.51. The number of fused-ring (bicyclic) bond motifs is 1. The van der Waals surface area contributed by atoms with Crippen molar-refractivity contribution in [2.45, 2.75) is 6.10 Å². The fourth-order valence-corrected chi connectivity index (χ4v) is 4.09. The Hall–Kier alpha value is -3.23. The maximum absolute atomic E-state index is 13.0. The van der Waals surface area contributed by atoms with E-state index < -0.39 is 12.1 Å². The Kier molecular flexibility index (Phi) is 6.53. The molecule has 2 heterocycles. The average molecular weight is 437 g/mol. The molecule has 0 N–H and O–H groups in total. The minimum absolute atomic E-state index is 0.000422. The highest BCUT2D eigenvalue weighted by molar-refractivity contribution is 6.21. The van der Waals surface area contributed by atoms with Crippen LogP contribution in [0.2, 0.25) is 0 Å². The van der Waals surface area contributed by atoms with Crippen LogP contribution < -0.4 is 4.74 Å². The summed E-state index contributed by atoms with van der Waals surface area (Å²) in [6, 6.07) is 13.6. The number of methoxy groups -OCH3 is 1. The lowest BCUT2D eigenvalue weighted by molar-refractivity contribution is 0.00531. The van der Waals surface area contributed by atoms with Crippen molar-refractivity contribution in [2.75, 3.05) is 53.4 Å². The van der Waals surface area contributed by atoms with Crippen LogP contribution in [0.25, 0.3) is 0 Å². The van der Waals surface area contributed by atoms with Crippen LogP contribution in [0.15, 0.2) is 48.5 Å². The molecule has 0 saturated carbocycles. The molecule has 2 amide bonds. The maximum atomic E-state index is 13.0. The van der Waals surface area contributed by atoms with Gasteiger partial charge in [-0.25, -0.2) is 4.79 Å². The van der Waals surface area contributed by atoms with Crippen LogP contribution in [0.4, 0.5) is 0 Å². The monoisotopic (exact) mass is 437 g/mol. The number of imide groups is 1. The molecule has 1 saturated heterocycles. The highest BCUT2D eigenvalue weighted by Gasteiger charge is 2.38. The molecule has 0 spiro atoms. The molecule has 0 aromatic heterocycles. The summed E-state index contributed by atoms with van der Waals surface area (Å²) in [5, 5.41) is 0. The second kappa shape index (κ2) is 9.50. The average Bonchev–Trinajstić information content (AvgIpc) is 3.05. The SMILES string of the molecule is COc1ccccc1C(=O)O[C@H](CN1CCN(C)CC1)CN1C(=O)c2ccccc2C1=O. The molecule has 1 atom stereocenters. The minimum Gasteiger partial charge on any atom is -0.496 e. The largest absolute Gasteiger partial charge is 0.496 e. The number of likely N-dealkylation sites (N-methyl/N-ethyl adjacent to an activating group) is 1. The molecule has 2 aliphatic heterocycles. The summed E-state index contributed by atoms with van der Waals surface area (Å²) in [6.07, 6.45) is -0.668. The number of rotatable bonds is 7. The van der Waals surface area contributed by atoms with Gasteiger partial charge in [-0.05, 0) is 31.3 Å². The van der Waals surface area contributed by atoms with Crippen molar-refractivity contribution in [3.05, 3.63) is 65.2 Å². The van der Waals surface area contributed by atoms with E-state index in [1.807, 2.05) is 0 Å². The Labute approximate surface area is 187 Å². The number of benzene rings is 2. The summed E-state index contributed by atoms with van der Waals surface area (Å²) >= 11 is 0. The fraction of sp³-hybridized carbons (Fsp3) is 0.375. The Bertz CT molecular complexity index is 981. The number of hydrogen-bond donors (Lipinski definition) is 0. The zero-order valence-electron chi connectivity index (χ0n) is 18.3. The molecule has 168 valence electrons. The lowest BCUT2D eigenvalue weighted by atomic mass is 10.1. The quantitative estimate of drug-likeness (QED) is 0.482. The van der Waals surface area contributed by atoms with Crippen LogP contribution in [0.5, 0.6) is 5.75 Å². The molecule has 0 radical (unpaired) electrons.